The molecule has 0 fully saturated rings. The minimum atomic E-state index is -0.794. The quantitative estimate of drug-likeness (QED) is 0.851. The molecule has 0 spiro atoms. The predicted octanol–water partition coefficient (Wildman–Crippen LogP) is 1.75. The maximum atomic E-state index is 11.6. The van der Waals surface area contributed by atoms with E-state index < -0.39 is 5.97 Å². The number of Topliss-reactive ketones (excluding diaryl/α,β-unsaturated/α-hetero) is 1. The van der Waals surface area contributed by atoms with Crippen LogP contribution in [0.3, 0.4) is 0 Å². The topological polar surface area (TPSA) is 67.3 Å². The highest BCUT2D eigenvalue weighted by atomic mass is 32.1. The molecule has 0 radical (unpaired) electrons. The van der Waals surface area contributed by atoms with Gasteiger partial charge in [0.2, 0.25) is 0 Å². The molecule has 1 atom stereocenters. The number of carbonyl (C=O) groups is 2. The number of aliphatic carboxylic acids is 1. The first-order valence-electron chi connectivity index (χ1n) is 4.85. The molecule has 1 heterocycles. The first-order valence-corrected chi connectivity index (χ1v) is 5.62. The molecule has 15 heavy (non-hydrogen) atoms. The number of hydrogen-bond donors (Lipinski definition) is 1. The Balaban J connectivity index is 2.03. The summed E-state index contributed by atoms with van der Waals surface area (Å²) in [5.74, 6) is -0.500. The molecule has 2 rings (SSSR count). The van der Waals surface area contributed by atoms with Gasteiger partial charge in [0.25, 0.3) is 0 Å². The Hall–Kier alpha value is -1.23. The second-order valence-corrected chi connectivity index (χ2v) is 4.68. The number of carboxylic acid groups (broad SMARTS) is 1. The number of hydrogen-bond acceptors (Lipinski definition) is 4. The summed E-state index contributed by atoms with van der Waals surface area (Å²) in [6.45, 7) is 0. The molecule has 0 saturated heterocycles. The van der Waals surface area contributed by atoms with E-state index >= 15 is 0 Å². The second kappa shape index (κ2) is 4.10. The smallest absolute Gasteiger partial charge is 0.303 e. The van der Waals surface area contributed by atoms with Crippen molar-refractivity contribution in [2.45, 2.75) is 25.7 Å². The lowest BCUT2D eigenvalue weighted by atomic mass is 9.85. The van der Waals surface area contributed by atoms with Crippen molar-refractivity contribution in [3.63, 3.8) is 0 Å². The SMILES string of the molecule is O=C(O)CCC1CC(=O)c2cnsc2C1. The van der Waals surface area contributed by atoms with Crippen molar-refractivity contribution in [2.24, 2.45) is 5.92 Å². The summed E-state index contributed by atoms with van der Waals surface area (Å²) >= 11 is 1.35. The summed E-state index contributed by atoms with van der Waals surface area (Å²) in [4.78, 5) is 23.1. The predicted molar refractivity (Wildman–Crippen MR) is 55.1 cm³/mol. The summed E-state index contributed by atoms with van der Waals surface area (Å²) in [7, 11) is 0. The molecule has 5 heteroatoms. The van der Waals surface area contributed by atoms with Crippen molar-refractivity contribution in [1.29, 1.82) is 0 Å². The summed E-state index contributed by atoms with van der Waals surface area (Å²) in [6, 6.07) is 0. The van der Waals surface area contributed by atoms with E-state index in [1.54, 1.807) is 6.20 Å². The summed E-state index contributed by atoms with van der Waals surface area (Å²) in [5, 5.41) is 8.57. The second-order valence-electron chi connectivity index (χ2n) is 3.79. The van der Waals surface area contributed by atoms with Gasteiger partial charge in [-0.3, -0.25) is 9.59 Å². The molecule has 1 aromatic heterocycles. The fourth-order valence-electron chi connectivity index (χ4n) is 1.88. The molecule has 1 aromatic rings. The number of nitrogens with zero attached hydrogens (tertiary/aromatic N) is 1. The molecule has 1 unspecified atom stereocenters. The van der Waals surface area contributed by atoms with Crippen LogP contribution in [0.2, 0.25) is 0 Å². The van der Waals surface area contributed by atoms with Crippen LogP contribution in [-0.4, -0.2) is 21.2 Å². The van der Waals surface area contributed by atoms with Gasteiger partial charge in [-0.05, 0) is 30.3 Å². The zero-order valence-electron chi connectivity index (χ0n) is 8.10. The van der Waals surface area contributed by atoms with Crippen molar-refractivity contribution in [3.8, 4) is 0 Å². The zero-order chi connectivity index (χ0) is 10.8. The number of fused-ring (bicyclic) bond motifs is 1. The van der Waals surface area contributed by atoms with Crippen LogP contribution in [0.25, 0.3) is 0 Å². The molecule has 4 nitrogen and oxygen atoms in total. The largest absolute Gasteiger partial charge is 0.481 e. The average Bonchev–Trinajstić information content (AvgIpc) is 2.63. The molecule has 1 aliphatic rings. The van der Waals surface area contributed by atoms with Gasteiger partial charge >= 0.3 is 5.97 Å². The maximum Gasteiger partial charge on any atom is 0.303 e. The van der Waals surface area contributed by atoms with E-state index in [1.165, 1.54) is 11.5 Å². The Morgan fingerprint density at radius 3 is 3.13 bits per heavy atom. The number of aromatic nitrogens is 1. The number of carbonyl (C=O) groups excluding carboxylic acids is 1. The zero-order valence-corrected chi connectivity index (χ0v) is 8.92. The van der Waals surface area contributed by atoms with Crippen molar-refractivity contribution in [2.75, 3.05) is 0 Å². The lowest BCUT2D eigenvalue weighted by molar-refractivity contribution is -0.137. The van der Waals surface area contributed by atoms with E-state index in [9.17, 15) is 9.59 Å². The number of carboxylic acids is 1. The van der Waals surface area contributed by atoms with Gasteiger partial charge in [0, 0.05) is 17.7 Å². The van der Waals surface area contributed by atoms with Crippen LogP contribution >= 0.6 is 11.5 Å². The molecule has 0 aromatic carbocycles. The lowest BCUT2D eigenvalue weighted by Gasteiger charge is -2.19. The van der Waals surface area contributed by atoms with Crippen molar-refractivity contribution >= 4 is 23.3 Å². The van der Waals surface area contributed by atoms with Gasteiger partial charge in [-0.25, -0.2) is 4.37 Å². The normalized spacial score (nSPS) is 20.0. The fraction of sp³-hybridized carbons (Fsp3) is 0.500. The van der Waals surface area contributed by atoms with Gasteiger partial charge < -0.3 is 5.11 Å². The van der Waals surface area contributed by atoms with Crippen LogP contribution < -0.4 is 0 Å². The van der Waals surface area contributed by atoms with Crippen LogP contribution in [0.1, 0.15) is 34.5 Å². The Morgan fingerprint density at radius 2 is 2.40 bits per heavy atom. The number of ketones is 1. The first kappa shape index (κ1) is 10.3. The Labute approximate surface area is 91.1 Å². The molecule has 1 aliphatic carbocycles. The average molecular weight is 225 g/mol. The summed E-state index contributed by atoms with van der Waals surface area (Å²) in [6.07, 6.45) is 3.62. The van der Waals surface area contributed by atoms with E-state index in [1.807, 2.05) is 0 Å². The van der Waals surface area contributed by atoms with E-state index in [0.29, 0.717) is 12.8 Å². The number of rotatable bonds is 3. The third kappa shape index (κ3) is 2.23. The van der Waals surface area contributed by atoms with E-state index in [4.69, 9.17) is 5.11 Å². The third-order valence-corrected chi connectivity index (χ3v) is 3.48. The van der Waals surface area contributed by atoms with Crippen LogP contribution in [0.5, 0.6) is 0 Å². The highest BCUT2D eigenvalue weighted by molar-refractivity contribution is 7.06. The highest BCUT2D eigenvalue weighted by Crippen LogP contribution is 2.30. The molecule has 80 valence electrons. The van der Waals surface area contributed by atoms with Crippen molar-refractivity contribution in [1.82, 2.24) is 4.37 Å². The minimum absolute atomic E-state index is 0.111. The Kier molecular flexibility index (Phi) is 2.81. The molecule has 0 amide bonds. The molecule has 0 saturated carbocycles. The highest BCUT2D eigenvalue weighted by Gasteiger charge is 2.26. The third-order valence-electron chi connectivity index (χ3n) is 2.66. The van der Waals surface area contributed by atoms with Crippen LogP contribution in [-0.2, 0) is 11.2 Å². The van der Waals surface area contributed by atoms with Gasteiger partial charge in [0.05, 0.1) is 11.8 Å². The maximum absolute atomic E-state index is 11.6. The van der Waals surface area contributed by atoms with Gasteiger partial charge in [-0.15, -0.1) is 0 Å². The summed E-state index contributed by atoms with van der Waals surface area (Å²) < 4.78 is 3.99. The summed E-state index contributed by atoms with van der Waals surface area (Å²) in [5.41, 5.74) is 0.742. The lowest BCUT2D eigenvalue weighted by Crippen LogP contribution is -2.19. The molecule has 1 N–H and O–H groups in total. The van der Waals surface area contributed by atoms with Gasteiger partial charge in [0.15, 0.2) is 5.78 Å². The van der Waals surface area contributed by atoms with E-state index in [-0.39, 0.29) is 18.1 Å². The fourth-order valence-corrected chi connectivity index (χ4v) is 2.74. The first-order chi connectivity index (χ1) is 7.16. The van der Waals surface area contributed by atoms with Crippen LogP contribution in [0.15, 0.2) is 6.20 Å². The Bertz CT molecular complexity index is 399. The molecule has 0 bridgehead atoms. The van der Waals surface area contributed by atoms with Gasteiger partial charge in [-0.2, -0.15) is 0 Å². The van der Waals surface area contributed by atoms with E-state index in [0.717, 1.165) is 16.9 Å². The molecular formula is C10H11NO3S. The Morgan fingerprint density at radius 1 is 1.60 bits per heavy atom. The van der Waals surface area contributed by atoms with E-state index in [2.05, 4.69) is 4.37 Å². The van der Waals surface area contributed by atoms with Gasteiger partial charge in [0.1, 0.15) is 0 Å². The van der Waals surface area contributed by atoms with Gasteiger partial charge in [-0.1, -0.05) is 0 Å². The molecular weight excluding hydrogens is 214 g/mol. The monoisotopic (exact) mass is 225 g/mol. The van der Waals surface area contributed by atoms with Crippen molar-refractivity contribution in [3.05, 3.63) is 16.6 Å². The van der Waals surface area contributed by atoms with Crippen LogP contribution in [0, 0.1) is 5.92 Å². The molecule has 0 aliphatic heterocycles. The van der Waals surface area contributed by atoms with Crippen molar-refractivity contribution < 1.29 is 14.7 Å². The minimum Gasteiger partial charge on any atom is -0.481 e. The van der Waals surface area contributed by atoms with Crippen LogP contribution in [0.4, 0.5) is 0 Å². The standard InChI is InChI=1S/C10H11NO3S/c12-8-3-6(1-2-10(13)14)4-9-7(8)5-11-15-9/h5-6H,1-4H2,(H,13,14).